The van der Waals surface area contributed by atoms with Gasteiger partial charge in [0.25, 0.3) is 5.91 Å². The van der Waals surface area contributed by atoms with Gasteiger partial charge in [0.15, 0.2) is 5.69 Å². The maximum Gasteiger partial charge on any atom is 0.271 e. The fraction of sp³-hybridized carbons (Fsp3) is 0.545. The third kappa shape index (κ3) is 3.67. The number of aromatic nitrogens is 2. The molecule has 3 N–H and O–H groups in total. The molecule has 0 aliphatic rings. The largest absolute Gasteiger partial charge is 0.382 e. The molecule has 0 saturated carbocycles. The van der Waals surface area contributed by atoms with E-state index in [1.54, 1.807) is 12.1 Å². The molecule has 0 bridgehead atoms. The van der Waals surface area contributed by atoms with Gasteiger partial charge in [-0.1, -0.05) is 0 Å². The number of likely N-dealkylation sites (N-methyl/N-ethyl adjacent to an activating group) is 1. The number of carbonyl (C=O) groups excluding carboxylic acids is 1. The van der Waals surface area contributed by atoms with Crippen LogP contribution in [-0.4, -0.2) is 47.2 Å². The highest BCUT2D eigenvalue weighted by Crippen LogP contribution is 2.08. The standard InChI is InChI=1S/C11H19N5O/c1-11(2,16(3)4)7-13-10(17)8-5-6-9(12)15-14-8/h5-6H,7H2,1-4H3,(H2,12,15)(H,13,17). The first kappa shape index (κ1) is 13.4. The van der Waals surface area contributed by atoms with E-state index >= 15 is 0 Å². The number of amides is 1. The van der Waals surface area contributed by atoms with Crippen LogP contribution in [0.1, 0.15) is 24.3 Å². The number of hydrogen-bond acceptors (Lipinski definition) is 5. The zero-order valence-electron chi connectivity index (χ0n) is 10.7. The molecule has 6 nitrogen and oxygen atoms in total. The molecule has 1 heterocycles. The van der Waals surface area contributed by atoms with Gasteiger partial charge in [0.2, 0.25) is 0 Å². The average Bonchev–Trinajstić information content (AvgIpc) is 2.27. The predicted octanol–water partition coefficient (Wildman–Crippen LogP) is 0.129. The van der Waals surface area contributed by atoms with Gasteiger partial charge in [-0.05, 0) is 40.1 Å². The molecule has 17 heavy (non-hydrogen) atoms. The lowest BCUT2D eigenvalue weighted by Gasteiger charge is -2.32. The number of nitrogens with two attached hydrogens (primary N) is 1. The van der Waals surface area contributed by atoms with Crippen LogP contribution in [0.2, 0.25) is 0 Å². The Morgan fingerprint density at radius 3 is 2.53 bits per heavy atom. The number of hydrogen-bond donors (Lipinski definition) is 2. The highest BCUT2D eigenvalue weighted by molar-refractivity contribution is 5.92. The zero-order chi connectivity index (χ0) is 13.1. The van der Waals surface area contributed by atoms with E-state index in [1.165, 1.54) is 0 Å². The van der Waals surface area contributed by atoms with Crippen LogP contribution in [0.4, 0.5) is 5.82 Å². The minimum atomic E-state index is -0.243. The number of nitrogens with zero attached hydrogens (tertiary/aromatic N) is 3. The van der Waals surface area contributed by atoms with E-state index in [2.05, 4.69) is 15.5 Å². The van der Waals surface area contributed by atoms with Crippen molar-refractivity contribution in [3.8, 4) is 0 Å². The van der Waals surface area contributed by atoms with Crippen LogP contribution in [0.3, 0.4) is 0 Å². The second-order valence-electron chi connectivity index (χ2n) is 4.73. The molecule has 6 heteroatoms. The Labute approximate surface area is 101 Å². The first-order chi connectivity index (χ1) is 7.83. The van der Waals surface area contributed by atoms with Crippen molar-refractivity contribution in [2.75, 3.05) is 26.4 Å². The molecule has 1 aromatic rings. The third-order valence-corrected chi connectivity index (χ3v) is 2.81. The Balaban J connectivity index is 2.59. The summed E-state index contributed by atoms with van der Waals surface area (Å²) in [6, 6.07) is 3.11. The lowest BCUT2D eigenvalue weighted by atomic mass is 10.0. The fourth-order valence-corrected chi connectivity index (χ4v) is 1.01. The average molecular weight is 237 g/mol. The molecule has 0 aromatic carbocycles. The molecule has 0 fully saturated rings. The van der Waals surface area contributed by atoms with E-state index in [1.807, 2.05) is 32.8 Å². The molecule has 1 rings (SSSR count). The first-order valence-electron chi connectivity index (χ1n) is 5.38. The third-order valence-electron chi connectivity index (χ3n) is 2.81. The smallest absolute Gasteiger partial charge is 0.271 e. The molecule has 0 spiro atoms. The lowest BCUT2D eigenvalue weighted by Crippen LogP contribution is -2.48. The molecule has 0 radical (unpaired) electrons. The maximum atomic E-state index is 11.8. The molecular formula is C11H19N5O. The van der Waals surface area contributed by atoms with Crippen LogP contribution < -0.4 is 11.1 Å². The van der Waals surface area contributed by atoms with Gasteiger partial charge in [0.05, 0.1) is 0 Å². The normalized spacial score (nSPS) is 11.6. The number of nitrogens with one attached hydrogen (secondary N) is 1. The van der Waals surface area contributed by atoms with Gasteiger partial charge in [-0.2, -0.15) is 0 Å². The summed E-state index contributed by atoms with van der Waals surface area (Å²) < 4.78 is 0. The second-order valence-corrected chi connectivity index (χ2v) is 4.73. The van der Waals surface area contributed by atoms with Crippen LogP contribution in [0.15, 0.2) is 12.1 Å². The van der Waals surface area contributed by atoms with Crippen LogP contribution >= 0.6 is 0 Å². The minimum absolute atomic E-state index is 0.114. The molecular weight excluding hydrogens is 218 g/mol. The van der Waals surface area contributed by atoms with Crippen molar-refractivity contribution in [2.24, 2.45) is 0 Å². The van der Waals surface area contributed by atoms with Crippen molar-refractivity contribution in [2.45, 2.75) is 19.4 Å². The van der Waals surface area contributed by atoms with E-state index in [0.29, 0.717) is 12.4 Å². The van der Waals surface area contributed by atoms with Gasteiger partial charge in [-0.25, -0.2) is 0 Å². The highest BCUT2D eigenvalue weighted by Gasteiger charge is 2.21. The van der Waals surface area contributed by atoms with Crippen LogP contribution in [0.25, 0.3) is 0 Å². The van der Waals surface area contributed by atoms with Crippen LogP contribution in [-0.2, 0) is 0 Å². The first-order valence-corrected chi connectivity index (χ1v) is 5.38. The topological polar surface area (TPSA) is 84.1 Å². The number of carbonyl (C=O) groups is 1. The minimum Gasteiger partial charge on any atom is -0.382 e. The molecule has 1 aromatic heterocycles. The van der Waals surface area contributed by atoms with Gasteiger partial charge in [-0.3, -0.25) is 4.79 Å². The van der Waals surface area contributed by atoms with Crippen molar-refractivity contribution in [1.82, 2.24) is 20.4 Å². The number of rotatable bonds is 4. The van der Waals surface area contributed by atoms with Gasteiger partial charge in [0.1, 0.15) is 5.82 Å². The molecule has 0 aliphatic heterocycles. The van der Waals surface area contributed by atoms with E-state index in [9.17, 15) is 4.79 Å². The van der Waals surface area contributed by atoms with Gasteiger partial charge < -0.3 is 16.0 Å². The summed E-state index contributed by atoms with van der Waals surface area (Å²) in [7, 11) is 3.93. The van der Waals surface area contributed by atoms with E-state index in [-0.39, 0.29) is 17.1 Å². The number of nitrogen functional groups attached to an aromatic ring is 1. The molecule has 0 saturated heterocycles. The second kappa shape index (κ2) is 5.09. The Morgan fingerprint density at radius 2 is 2.06 bits per heavy atom. The SMILES string of the molecule is CN(C)C(C)(C)CNC(=O)c1ccc(N)nn1. The summed E-state index contributed by atoms with van der Waals surface area (Å²) in [5.41, 5.74) is 5.56. The Bertz CT molecular complexity index is 385. The molecule has 0 unspecified atom stereocenters. The molecule has 94 valence electrons. The maximum absolute atomic E-state index is 11.8. The summed E-state index contributed by atoms with van der Waals surface area (Å²) in [5.74, 6) is 0.0580. The highest BCUT2D eigenvalue weighted by atomic mass is 16.1. The van der Waals surface area contributed by atoms with Crippen molar-refractivity contribution < 1.29 is 4.79 Å². The quantitative estimate of drug-likeness (QED) is 0.777. The Morgan fingerprint density at radius 1 is 1.41 bits per heavy atom. The van der Waals surface area contributed by atoms with Crippen molar-refractivity contribution in [3.05, 3.63) is 17.8 Å². The van der Waals surface area contributed by atoms with Gasteiger partial charge >= 0.3 is 0 Å². The van der Waals surface area contributed by atoms with E-state index in [0.717, 1.165) is 0 Å². The van der Waals surface area contributed by atoms with Gasteiger partial charge in [-0.15, -0.1) is 10.2 Å². The molecule has 0 aliphatic carbocycles. The summed E-state index contributed by atoms with van der Waals surface area (Å²) in [6.07, 6.45) is 0. The van der Waals surface area contributed by atoms with Crippen molar-refractivity contribution >= 4 is 11.7 Å². The Kier molecular flexibility index (Phi) is 4.01. The van der Waals surface area contributed by atoms with E-state index in [4.69, 9.17) is 5.73 Å². The van der Waals surface area contributed by atoms with Crippen LogP contribution in [0, 0.1) is 0 Å². The fourth-order valence-electron chi connectivity index (χ4n) is 1.01. The van der Waals surface area contributed by atoms with Crippen molar-refractivity contribution in [1.29, 1.82) is 0 Å². The number of anilines is 1. The van der Waals surface area contributed by atoms with E-state index < -0.39 is 0 Å². The molecule has 1 amide bonds. The summed E-state index contributed by atoms with van der Waals surface area (Å²) in [4.78, 5) is 13.8. The van der Waals surface area contributed by atoms with Crippen molar-refractivity contribution in [3.63, 3.8) is 0 Å². The molecule has 0 atom stereocenters. The van der Waals surface area contributed by atoms with Crippen LogP contribution in [0.5, 0.6) is 0 Å². The predicted molar refractivity (Wildman–Crippen MR) is 66.5 cm³/mol. The summed E-state index contributed by atoms with van der Waals surface area (Å²) in [5, 5.41) is 10.2. The van der Waals surface area contributed by atoms with Gasteiger partial charge in [0, 0.05) is 12.1 Å². The lowest BCUT2D eigenvalue weighted by molar-refractivity contribution is 0.0914. The summed E-state index contributed by atoms with van der Waals surface area (Å²) >= 11 is 0. The summed E-state index contributed by atoms with van der Waals surface area (Å²) in [6.45, 7) is 4.62. The zero-order valence-corrected chi connectivity index (χ0v) is 10.7. The Hall–Kier alpha value is -1.69. The monoisotopic (exact) mass is 237 g/mol.